The molecule has 0 radical (unpaired) electrons. The van der Waals surface area contributed by atoms with Crippen molar-refractivity contribution in [1.82, 2.24) is 5.43 Å². The standard InChI is InChI=1S/C16H25FN2O/c1-11-8-13(10-14(17)9-11)15(19-18)16(20-2)12-6-4-3-5-7-12/h8-10,12,15-16,19H,3-7,18H2,1-2H3. The maximum atomic E-state index is 13.6. The number of hydrazine groups is 1. The highest BCUT2D eigenvalue weighted by atomic mass is 19.1. The molecule has 20 heavy (non-hydrogen) atoms. The lowest BCUT2D eigenvalue weighted by Gasteiger charge is -2.35. The van der Waals surface area contributed by atoms with Crippen LogP contribution in [0, 0.1) is 18.7 Å². The number of nitrogens with one attached hydrogen (secondary N) is 1. The second-order valence-corrected chi connectivity index (χ2v) is 5.80. The number of aryl methyl sites for hydroxylation is 1. The summed E-state index contributed by atoms with van der Waals surface area (Å²) in [6, 6.07) is 4.88. The minimum Gasteiger partial charge on any atom is -0.379 e. The maximum absolute atomic E-state index is 13.6. The van der Waals surface area contributed by atoms with Crippen LogP contribution in [0.25, 0.3) is 0 Å². The van der Waals surface area contributed by atoms with Crippen LogP contribution < -0.4 is 11.3 Å². The number of halogens is 1. The number of ether oxygens (including phenoxy) is 1. The van der Waals surface area contributed by atoms with E-state index in [4.69, 9.17) is 10.6 Å². The Morgan fingerprint density at radius 2 is 1.95 bits per heavy atom. The lowest BCUT2D eigenvalue weighted by molar-refractivity contribution is 0.00743. The van der Waals surface area contributed by atoms with Gasteiger partial charge in [0.25, 0.3) is 0 Å². The van der Waals surface area contributed by atoms with Gasteiger partial charge in [0.2, 0.25) is 0 Å². The maximum Gasteiger partial charge on any atom is 0.123 e. The van der Waals surface area contributed by atoms with Crippen molar-refractivity contribution in [2.45, 2.75) is 51.2 Å². The van der Waals surface area contributed by atoms with E-state index in [0.29, 0.717) is 5.92 Å². The molecule has 0 aliphatic heterocycles. The number of hydrogen-bond donors (Lipinski definition) is 2. The lowest BCUT2D eigenvalue weighted by Crippen LogP contribution is -2.42. The number of nitrogens with two attached hydrogens (primary N) is 1. The van der Waals surface area contributed by atoms with Gasteiger partial charge in [0, 0.05) is 7.11 Å². The van der Waals surface area contributed by atoms with Gasteiger partial charge in [-0.05, 0) is 48.9 Å². The predicted molar refractivity (Wildman–Crippen MR) is 78.6 cm³/mol. The molecule has 1 aliphatic carbocycles. The van der Waals surface area contributed by atoms with Crippen molar-refractivity contribution >= 4 is 0 Å². The van der Waals surface area contributed by atoms with Gasteiger partial charge in [-0.3, -0.25) is 11.3 Å². The van der Waals surface area contributed by atoms with Gasteiger partial charge >= 0.3 is 0 Å². The Labute approximate surface area is 120 Å². The molecular formula is C16H25FN2O. The SMILES string of the molecule is COC(C1CCCCC1)C(NN)c1cc(C)cc(F)c1. The van der Waals surface area contributed by atoms with E-state index in [-0.39, 0.29) is 18.0 Å². The molecule has 0 amide bonds. The fraction of sp³-hybridized carbons (Fsp3) is 0.625. The van der Waals surface area contributed by atoms with Crippen molar-refractivity contribution in [1.29, 1.82) is 0 Å². The number of benzene rings is 1. The van der Waals surface area contributed by atoms with E-state index in [2.05, 4.69) is 5.43 Å². The highest BCUT2D eigenvalue weighted by molar-refractivity contribution is 5.27. The third kappa shape index (κ3) is 3.57. The highest BCUT2D eigenvalue weighted by Crippen LogP contribution is 2.34. The molecule has 3 N–H and O–H groups in total. The predicted octanol–water partition coefficient (Wildman–Crippen LogP) is 3.23. The van der Waals surface area contributed by atoms with E-state index in [1.165, 1.54) is 25.3 Å². The molecule has 2 atom stereocenters. The first-order chi connectivity index (χ1) is 9.65. The first kappa shape index (κ1) is 15.4. The zero-order valence-corrected chi connectivity index (χ0v) is 12.4. The van der Waals surface area contributed by atoms with Crippen molar-refractivity contribution in [3.8, 4) is 0 Å². The summed E-state index contributed by atoms with van der Waals surface area (Å²) in [5.74, 6) is 6.00. The Bertz CT molecular complexity index is 412. The lowest BCUT2D eigenvalue weighted by atomic mass is 9.81. The summed E-state index contributed by atoms with van der Waals surface area (Å²) in [6.07, 6.45) is 6.08. The molecular weight excluding hydrogens is 255 g/mol. The van der Waals surface area contributed by atoms with Gasteiger partial charge in [-0.2, -0.15) is 0 Å². The summed E-state index contributed by atoms with van der Waals surface area (Å²) in [4.78, 5) is 0. The van der Waals surface area contributed by atoms with Crippen LogP contribution >= 0.6 is 0 Å². The van der Waals surface area contributed by atoms with E-state index >= 15 is 0 Å². The first-order valence-electron chi connectivity index (χ1n) is 7.41. The van der Waals surface area contributed by atoms with Crippen LogP contribution in [0.2, 0.25) is 0 Å². The minimum atomic E-state index is -0.223. The van der Waals surface area contributed by atoms with Crippen LogP contribution in [0.15, 0.2) is 18.2 Å². The quantitative estimate of drug-likeness (QED) is 0.643. The zero-order chi connectivity index (χ0) is 14.5. The molecule has 1 aliphatic rings. The summed E-state index contributed by atoms with van der Waals surface area (Å²) in [5, 5.41) is 0. The van der Waals surface area contributed by atoms with Gasteiger partial charge in [-0.25, -0.2) is 4.39 Å². The van der Waals surface area contributed by atoms with Crippen molar-refractivity contribution in [2.75, 3.05) is 7.11 Å². The second kappa shape index (κ2) is 7.16. The van der Waals surface area contributed by atoms with Crippen molar-refractivity contribution in [3.05, 3.63) is 35.1 Å². The Kier molecular flexibility index (Phi) is 5.52. The third-order valence-corrected chi connectivity index (χ3v) is 4.32. The Morgan fingerprint density at radius 3 is 2.50 bits per heavy atom. The minimum absolute atomic E-state index is 0.0125. The average Bonchev–Trinajstić information content (AvgIpc) is 2.44. The van der Waals surface area contributed by atoms with E-state index in [0.717, 1.165) is 24.0 Å². The van der Waals surface area contributed by atoms with Gasteiger partial charge in [0.15, 0.2) is 0 Å². The van der Waals surface area contributed by atoms with Crippen molar-refractivity contribution in [3.63, 3.8) is 0 Å². The molecule has 0 bridgehead atoms. The Balaban J connectivity index is 2.23. The summed E-state index contributed by atoms with van der Waals surface area (Å²) in [6.45, 7) is 1.89. The van der Waals surface area contributed by atoms with Crippen LogP contribution in [0.1, 0.15) is 49.3 Å². The summed E-state index contributed by atoms with van der Waals surface area (Å²) < 4.78 is 19.3. The van der Waals surface area contributed by atoms with Gasteiger partial charge in [-0.15, -0.1) is 0 Å². The molecule has 0 saturated heterocycles. The number of methoxy groups -OCH3 is 1. The molecule has 0 aromatic heterocycles. The molecule has 1 aromatic carbocycles. The zero-order valence-electron chi connectivity index (χ0n) is 12.4. The summed E-state index contributed by atoms with van der Waals surface area (Å²) in [7, 11) is 1.72. The highest BCUT2D eigenvalue weighted by Gasteiger charge is 2.31. The monoisotopic (exact) mass is 280 g/mol. The molecule has 2 unspecified atom stereocenters. The van der Waals surface area contributed by atoms with Crippen LogP contribution in [0.3, 0.4) is 0 Å². The molecule has 0 heterocycles. The topological polar surface area (TPSA) is 47.3 Å². The molecule has 4 heteroatoms. The molecule has 3 nitrogen and oxygen atoms in total. The average molecular weight is 280 g/mol. The first-order valence-corrected chi connectivity index (χ1v) is 7.41. The van der Waals surface area contributed by atoms with Crippen LogP contribution in [-0.2, 0) is 4.74 Å². The molecule has 0 spiro atoms. The fourth-order valence-electron chi connectivity index (χ4n) is 3.39. The smallest absolute Gasteiger partial charge is 0.123 e. The van der Waals surface area contributed by atoms with Crippen molar-refractivity contribution in [2.24, 2.45) is 11.8 Å². The van der Waals surface area contributed by atoms with Crippen LogP contribution in [0.4, 0.5) is 4.39 Å². The Morgan fingerprint density at radius 1 is 1.25 bits per heavy atom. The van der Waals surface area contributed by atoms with Crippen LogP contribution in [-0.4, -0.2) is 13.2 Å². The van der Waals surface area contributed by atoms with E-state index in [1.54, 1.807) is 13.2 Å². The van der Waals surface area contributed by atoms with E-state index in [1.807, 2.05) is 13.0 Å². The normalized spacial score (nSPS) is 19.8. The largest absolute Gasteiger partial charge is 0.379 e. The second-order valence-electron chi connectivity index (χ2n) is 5.80. The number of hydrogen-bond acceptors (Lipinski definition) is 3. The van der Waals surface area contributed by atoms with E-state index < -0.39 is 0 Å². The van der Waals surface area contributed by atoms with Crippen molar-refractivity contribution < 1.29 is 9.13 Å². The summed E-state index contributed by atoms with van der Waals surface area (Å²) in [5.41, 5.74) is 4.59. The Hall–Kier alpha value is -0.970. The molecule has 1 aromatic rings. The molecule has 2 rings (SSSR count). The molecule has 1 fully saturated rings. The van der Waals surface area contributed by atoms with Gasteiger partial charge in [0.1, 0.15) is 5.82 Å². The van der Waals surface area contributed by atoms with E-state index in [9.17, 15) is 4.39 Å². The summed E-state index contributed by atoms with van der Waals surface area (Å²) >= 11 is 0. The van der Waals surface area contributed by atoms with Gasteiger partial charge in [0.05, 0.1) is 12.1 Å². The van der Waals surface area contributed by atoms with Gasteiger partial charge < -0.3 is 4.74 Å². The van der Waals surface area contributed by atoms with Gasteiger partial charge in [-0.1, -0.05) is 25.3 Å². The fourth-order valence-corrected chi connectivity index (χ4v) is 3.39. The molecule has 112 valence electrons. The third-order valence-electron chi connectivity index (χ3n) is 4.32. The van der Waals surface area contributed by atoms with Crippen LogP contribution in [0.5, 0.6) is 0 Å². The molecule has 1 saturated carbocycles. The number of rotatable bonds is 5.